The second-order valence-electron chi connectivity index (χ2n) is 5.77. The molecule has 0 aliphatic heterocycles. The van der Waals surface area contributed by atoms with Gasteiger partial charge in [0.25, 0.3) is 0 Å². The highest BCUT2D eigenvalue weighted by Gasteiger charge is 2.05. The summed E-state index contributed by atoms with van der Waals surface area (Å²) >= 11 is 0. The van der Waals surface area contributed by atoms with E-state index >= 15 is 0 Å². The van der Waals surface area contributed by atoms with Crippen molar-refractivity contribution >= 4 is 15.5 Å². The molecule has 0 fully saturated rings. The van der Waals surface area contributed by atoms with Crippen LogP contribution in [0.1, 0.15) is 24.0 Å². The fourth-order valence-electron chi connectivity index (χ4n) is 2.26. The summed E-state index contributed by atoms with van der Waals surface area (Å²) in [6, 6.07) is 18.4. The van der Waals surface area contributed by atoms with E-state index in [1.807, 2.05) is 30.3 Å². The lowest BCUT2D eigenvalue weighted by atomic mass is 10.0. The Morgan fingerprint density at radius 1 is 1.00 bits per heavy atom. The number of benzene rings is 2. The van der Waals surface area contributed by atoms with E-state index in [0.717, 1.165) is 17.8 Å². The molecule has 4 heteroatoms. The lowest BCUT2D eigenvalue weighted by molar-refractivity contribution is 0.601. The predicted octanol–water partition coefficient (Wildman–Crippen LogP) is 3.49. The van der Waals surface area contributed by atoms with Gasteiger partial charge in [0.2, 0.25) is 0 Å². The van der Waals surface area contributed by atoms with Crippen molar-refractivity contribution in [2.24, 2.45) is 0 Å². The summed E-state index contributed by atoms with van der Waals surface area (Å²) in [6.45, 7) is 3.06. The molecule has 0 aromatic heterocycles. The van der Waals surface area contributed by atoms with Gasteiger partial charge in [0.05, 0.1) is 5.75 Å². The summed E-state index contributed by atoms with van der Waals surface area (Å²) in [6.07, 6.45) is 1.84. The molecule has 0 bridgehead atoms. The second kappa shape index (κ2) is 7.45. The van der Waals surface area contributed by atoms with Crippen LogP contribution >= 0.6 is 0 Å². The lowest BCUT2D eigenvalue weighted by Crippen LogP contribution is -2.10. The van der Waals surface area contributed by atoms with Gasteiger partial charge in [-0.1, -0.05) is 49.4 Å². The zero-order valence-corrected chi connectivity index (χ0v) is 13.9. The SMILES string of the molecule is C[C@@H](CNc1ccc(CCS(C)(=O)=O)cc1)c1ccccc1. The third-order valence-corrected chi connectivity index (χ3v) is 4.64. The fraction of sp³-hybridized carbons (Fsp3) is 0.333. The van der Waals surface area contributed by atoms with Crippen LogP contribution in [0.3, 0.4) is 0 Å². The third-order valence-electron chi connectivity index (χ3n) is 3.70. The fourth-order valence-corrected chi connectivity index (χ4v) is 2.87. The van der Waals surface area contributed by atoms with Crippen LogP contribution in [0, 0.1) is 0 Å². The Bertz CT molecular complexity index is 679. The highest BCUT2D eigenvalue weighted by atomic mass is 32.2. The minimum atomic E-state index is -2.90. The monoisotopic (exact) mass is 317 g/mol. The highest BCUT2D eigenvalue weighted by molar-refractivity contribution is 7.90. The van der Waals surface area contributed by atoms with Crippen LogP contribution < -0.4 is 5.32 Å². The van der Waals surface area contributed by atoms with Crippen LogP contribution in [0.4, 0.5) is 5.69 Å². The van der Waals surface area contributed by atoms with Crippen molar-refractivity contribution in [3.05, 3.63) is 65.7 Å². The van der Waals surface area contributed by atoms with E-state index in [9.17, 15) is 8.42 Å². The second-order valence-corrected chi connectivity index (χ2v) is 8.03. The molecule has 0 aliphatic rings. The van der Waals surface area contributed by atoms with Gasteiger partial charge in [-0.25, -0.2) is 8.42 Å². The van der Waals surface area contributed by atoms with Crippen molar-refractivity contribution in [3.8, 4) is 0 Å². The van der Waals surface area contributed by atoms with Crippen LogP contribution in [0.25, 0.3) is 0 Å². The van der Waals surface area contributed by atoms with Crippen LogP contribution in [0.5, 0.6) is 0 Å². The predicted molar refractivity (Wildman–Crippen MR) is 93.2 cm³/mol. The van der Waals surface area contributed by atoms with Gasteiger partial charge in [0.1, 0.15) is 9.84 Å². The molecule has 2 aromatic rings. The Morgan fingerprint density at radius 3 is 2.23 bits per heavy atom. The van der Waals surface area contributed by atoms with Gasteiger partial charge >= 0.3 is 0 Å². The smallest absolute Gasteiger partial charge is 0.147 e. The van der Waals surface area contributed by atoms with Crippen molar-refractivity contribution in [1.29, 1.82) is 0 Å². The molecule has 0 radical (unpaired) electrons. The van der Waals surface area contributed by atoms with Gasteiger partial charge in [0, 0.05) is 18.5 Å². The van der Waals surface area contributed by atoms with E-state index in [0.29, 0.717) is 12.3 Å². The number of hydrogen-bond acceptors (Lipinski definition) is 3. The summed E-state index contributed by atoms with van der Waals surface area (Å²) in [5.74, 6) is 0.635. The zero-order chi connectivity index (χ0) is 16.0. The molecule has 2 rings (SSSR count). The highest BCUT2D eigenvalue weighted by Crippen LogP contribution is 2.17. The average molecular weight is 317 g/mol. The minimum Gasteiger partial charge on any atom is -0.384 e. The molecule has 0 spiro atoms. The largest absolute Gasteiger partial charge is 0.384 e. The minimum absolute atomic E-state index is 0.199. The van der Waals surface area contributed by atoms with Gasteiger partial charge in [-0.3, -0.25) is 0 Å². The van der Waals surface area contributed by atoms with Gasteiger partial charge in [-0.2, -0.15) is 0 Å². The quantitative estimate of drug-likeness (QED) is 0.850. The Labute approximate surface area is 133 Å². The maximum Gasteiger partial charge on any atom is 0.147 e. The Morgan fingerprint density at radius 2 is 1.64 bits per heavy atom. The number of sulfone groups is 1. The maximum atomic E-state index is 11.2. The first-order valence-corrected chi connectivity index (χ1v) is 9.55. The molecule has 0 saturated heterocycles. The Hall–Kier alpha value is -1.81. The first kappa shape index (κ1) is 16.6. The molecule has 1 N–H and O–H groups in total. The van der Waals surface area contributed by atoms with E-state index in [1.54, 1.807) is 0 Å². The molecule has 118 valence electrons. The average Bonchev–Trinajstić information content (AvgIpc) is 2.52. The van der Waals surface area contributed by atoms with Gasteiger partial charge in [0.15, 0.2) is 0 Å². The number of anilines is 1. The summed E-state index contributed by atoms with van der Waals surface area (Å²) in [5.41, 5.74) is 3.43. The lowest BCUT2D eigenvalue weighted by Gasteiger charge is -2.14. The molecular weight excluding hydrogens is 294 g/mol. The van der Waals surface area contributed by atoms with Crippen LogP contribution in [0.2, 0.25) is 0 Å². The van der Waals surface area contributed by atoms with E-state index in [-0.39, 0.29) is 5.75 Å². The van der Waals surface area contributed by atoms with E-state index in [4.69, 9.17) is 0 Å². The van der Waals surface area contributed by atoms with Crippen molar-refractivity contribution in [2.75, 3.05) is 23.9 Å². The normalized spacial score (nSPS) is 12.8. The van der Waals surface area contributed by atoms with Crippen molar-refractivity contribution in [2.45, 2.75) is 19.3 Å². The summed E-state index contributed by atoms with van der Waals surface area (Å²) < 4.78 is 22.3. The van der Waals surface area contributed by atoms with Crippen LogP contribution in [-0.4, -0.2) is 27.0 Å². The molecule has 0 aliphatic carbocycles. The standard InChI is InChI=1S/C18H23NO2S/c1-15(17-6-4-3-5-7-17)14-19-18-10-8-16(9-11-18)12-13-22(2,20)21/h3-11,15,19H,12-14H2,1-2H3/t15-/m0/s1. The Kier molecular flexibility index (Phi) is 5.61. The number of aryl methyl sites for hydroxylation is 1. The maximum absolute atomic E-state index is 11.2. The van der Waals surface area contributed by atoms with Crippen molar-refractivity contribution in [1.82, 2.24) is 0 Å². The number of rotatable bonds is 7. The summed E-state index contributed by atoms with van der Waals surface area (Å²) in [4.78, 5) is 0. The van der Waals surface area contributed by atoms with E-state index < -0.39 is 9.84 Å². The molecule has 1 atom stereocenters. The van der Waals surface area contributed by atoms with E-state index in [2.05, 4.69) is 36.5 Å². The van der Waals surface area contributed by atoms with Crippen molar-refractivity contribution < 1.29 is 8.42 Å². The Balaban J connectivity index is 1.86. The molecular formula is C18H23NO2S. The van der Waals surface area contributed by atoms with Crippen LogP contribution in [0.15, 0.2) is 54.6 Å². The molecule has 0 heterocycles. The molecule has 0 amide bonds. The van der Waals surface area contributed by atoms with Crippen LogP contribution in [-0.2, 0) is 16.3 Å². The first-order chi connectivity index (χ1) is 10.4. The zero-order valence-electron chi connectivity index (χ0n) is 13.1. The van der Waals surface area contributed by atoms with E-state index in [1.165, 1.54) is 11.8 Å². The van der Waals surface area contributed by atoms with Gasteiger partial charge < -0.3 is 5.32 Å². The van der Waals surface area contributed by atoms with Crippen molar-refractivity contribution in [3.63, 3.8) is 0 Å². The molecule has 2 aromatic carbocycles. The molecule has 3 nitrogen and oxygen atoms in total. The number of hydrogen-bond donors (Lipinski definition) is 1. The molecule has 0 unspecified atom stereocenters. The van der Waals surface area contributed by atoms with Gasteiger partial charge in [-0.05, 0) is 35.6 Å². The summed E-state index contributed by atoms with van der Waals surface area (Å²) in [7, 11) is -2.90. The number of nitrogens with one attached hydrogen (secondary N) is 1. The topological polar surface area (TPSA) is 46.2 Å². The molecule has 0 saturated carbocycles. The molecule has 22 heavy (non-hydrogen) atoms. The summed E-state index contributed by atoms with van der Waals surface area (Å²) in [5, 5.41) is 3.42. The third kappa shape index (κ3) is 5.53. The van der Waals surface area contributed by atoms with Gasteiger partial charge in [-0.15, -0.1) is 0 Å². The first-order valence-electron chi connectivity index (χ1n) is 7.49.